The van der Waals surface area contributed by atoms with Gasteiger partial charge >= 0.3 is 5.97 Å². The molecule has 0 aliphatic heterocycles. The number of hydrogen-bond acceptors (Lipinski definition) is 3. The second-order valence-corrected chi connectivity index (χ2v) is 4.60. The van der Waals surface area contributed by atoms with E-state index in [4.69, 9.17) is 5.11 Å². The third-order valence-corrected chi connectivity index (χ3v) is 3.58. The summed E-state index contributed by atoms with van der Waals surface area (Å²) in [7, 11) is 0. The highest BCUT2D eigenvalue weighted by molar-refractivity contribution is 5.65. The van der Waals surface area contributed by atoms with Gasteiger partial charge in [0.15, 0.2) is 0 Å². The number of aliphatic hydroxyl groups excluding tert-OH is 1. The molecule has 3 nitrogen and oxygen atoms in total. The van der Waals surface area contributed by atoms with Gasteiger partial charge in [-0.15, -0.1) is 0 Å². The number of alkyl halides is 4. The normalized spacial score (nSPS) is 40.8. The fourth-order valence-corrected chi connectivity index (χ4v) is 2.47. The van der Waals surface area contributed by atoms with Crippen LogP contribution in [-0.2, 0) is 9.53 Å². The molecule has 0 spiro atoms. The summed E-state index contributed by atoms with van der Waals surface area (Å²) in [5, 5.41) is 8.65. The molecular formula is C10H12F4O3. The Morgan fingerprint density at radius 2 is 1.65 bits per heavy atom. The summed E-state index contributed by atoms with van der Waals surface area (Å²) < 4.78 is 57.1. The molecule has 0 aromatic carbocycles. The van der Waals surface area contributed by atoms with Gasteiger partial charge in [-0.1, -0.05) is 0 Å². The highest BCUT2D eigenvalue weighted by atomic mass is 19.3. The number of rotatable bonds is 4. The topological polar surface area (TPSA) is 46.5 Å². The van der Waals surface area contributed by atoms with Crippen LogP contribution in [0.25, 0.3) is 0 Å². The largest absolute Gasteiger partial charge is 0.465 e. The van der Waals surface area contributed by atoms with Crippen molar-refractivity contribution in [1.82, 2.24) is 0 Å². The number of esters is 1. The molecule has 2 aliphatic rings. The molecule has 0 aromatic rings. The Morgan fingerprint density at radius 3 is 2.06 bits per heavy atom. The van der Waals surface area contributed by atoms with Crippen molar-refractivity contribution in [1.29, 1.82) is 0 Å². The van der Waals surface area contributed by atoms with Crippen molar-refractivity contribution in [3.05, 3.63) is 0 Å². The third kappa shape index (κ3) is 1.80. The average molecular weight is 256 g/mol. The van der Waals surface area contributed by atoms with Crippen LogP contribution in [0.3, 0.4) is 0 Å². The number of carbonyl (C=O) groups excluding carboxylic acids is 1. The van der Waals surface area contributed by atoms with E-state index in [2.05, 4.69) is 4.74 Å². The van der Waals surface area contributed by atoms with E-state index in [0.717, 1.165) is 6.92 Å². The standard InChI is InChI=1S/C10H12F4O3/c1-4(16)17-3-6-8(10(6,13)14)7-5(2-15)9(7,11)12/h5-8,15H,2-3H2,1H3/t5-,6+,7+,8-/m1/s1. The van der Waals surface area contributed by atoms with Crippen LogP contribution in [0.15, 0.2) is 0 Å². The van der Waals surface area contributed by atoms with Crippen LogP contribution in [0.4, 0.5) is 17.6 Å². The lowest BCUT2D eigenvalue weighted by atomic mass is 10.2. The fourth-order valence-electron chi connectivity index (χ4n) is 2.47. The van der Waals surface area contributed by atoms with E-state index in [1.807, 2.05) is 0 Å². The summed E-state index contributed by atoms with van der Waals surface area (Å²) in [6.45, 7) is -0.278. The Labute approximate surface area is 94.7 Å². The first-order valence-electron chi connectivity index (χ1n) is 5.24. The SMILES string of the molecule is CC(=O)OC[C@H]1[C@H]([C@@H]2[C@@H](CO)C2(F)F)C1(F)F. The minimum absolute atomic E-state index is 0.544. The average Bonchev–Trinajstić information content (AvgIpc) is 2.93. The van der Waals surface area contributed by atoms with Gasteiger partial charge in [0.2, 0.25) is 0 Å². The van der Waals surface area contributed by atoms with Gasteiger partial charge in [-0.2, -0.15) is 0 Å². The molecule has 1 N–H and O–H groups in total. The number of carbonyl (C=O) groups is 1. The summed E-state index contributed by atoms with van der Waals surface area (Å²) in [4.78, 5) is 10.5. The highest BCUT2D eigenvalue weighted by Crippen LogP contribution is 2.72. The van der Waals surface area contributed by atoms with Crippen molar-refractivity contribution < 1.29 is 32.2 Å². The van der Waals surface area contributed by atoms with Crippen LogP contribution in [0, 0.1) is 23.7 Å². The van der Waals surface area contributed by atoms with E-state index in [9.17, 15) is 22.4 Å². The zero-order chi connectivity index (χ0) is 13.0. The number of ether oxygens (including phenoxy) is 1. The zero-order valence-electron chi connectivity index (χ0n) is 9.00. The van der Waals surface area contributed by atoms with E-state index < -0.39 is 54.7 Å². The number of halogens is 4. The number of hydrogen-bond donors (Lipinski definition) is 1. The van der Waals surface area contributed by atoms with Crippen molar-refractivity contribution in [2.24, 2.45) is 23.7 Å². The third-order valence-electron chi connectivity index (χ3n) is 3.58. The van der Waals surface area contributed by atoms with E-state index in [1.165, 1.54) is 0 Å². The molecule has 7 heteroatoms. The maximum atomic E-state index is 13.2. The Balaban J connectivity index is 1.97. The van der Waals surface area contributed by atoms with Gasteiger partial charge in [-0.3, -0.25) is 4.79 Å². The van der Waals surface area contributed by atoms with E-state index in [0.29, 0.717) is 0 Å². The monoisotopic (exact) mass is 256 g/mol. The molecule has 2 rings (SSSR count). The lowest BCUT2D eigenvalue weighted by Gasteiger charge is -1.98. The number of aliphatic hydroxyl groups is 1. The molecule has 0 saturated heterocycles. The molecule has 2 aliphatic carbocycles. The summed E-state index contributed by atoms with van der Waals surface area (Å²) in [6.07, 6.45) is 0. The maximum absolute atomic E-state index is 13.2. The Kier molecular flexibility index (Phi) is 2.65. The Hall–Kier alpha value is -0.850. The summed E-state index contributed by atoms with van der Waals surface area (Å²) in [5.41, 5.74) is 0. The van der Waals surface area contributed by atoms with Crippen LogP contribution >= 0.6 is 0 Å². The van der Waals surface area contributed by atoms with Gasteiger partial charge in [0.05, 0.1) is 18.4 Å². The van der Waals surface area contributed by atoms with Crippen molar-refractivity contribution >= 4 is 5.97 Å². The smallest absolute Gasteiger partial charge is 0.302 e. The predicted molar refractivity (Wildman–Crippen MR) is 47.6 cm³/mol. The van der Waals surface area contributed by atoms with Gasteiger partial charge in [0, 0.05) is 18.8 Å². The maximum Gasteiger partial charge on any atom is 0.302 e. The van der Waals surface area contributed by atoms with E-state index in [1.54, 1.807) is 0 Å². The van der Waals surface area contributed by atoms with Crippen molar-refractivity contribution in [3.63, 3.8) is 0 Å². The summed E-state index contributed by atoms with van der Waals surface area (Å²) in [5.74, 6) is -12.9. The van der Waals surface area contributed by atoms with E-state index in [-0.39, 0.29) is 0 Å². The lowest BCUT2D eigenvalue weighted by molar-refractivity contribution is -0.142. The second-order valence-electron chi connectivity index (χ2n) is 4.60. The van der Waals surface area contributed by atoms with E-state index >= 15 is 0 Å². The van der Waals surface area contributed by atoms with Crippen molar-refractivity contribution in [2.75, 3.05) is 13.2 Å². The molecule has 0 radical (unpaired) electrons. The molecular weight excluding hydrogens is 244 g/mol. The first-order chi connectivity index (χ1) is 7.74. The van der Waals surface area contributed by atoms with Gasteiger partial charge in [0.1, 0.15) is 6.61 Å². The van der Waals surface area contributed by atoms with Crippen molar-refractivity contribution in [2.45, 2.75) is 18.8 Å². The summed E-state index contributed by atoms with van der Waals surface area (Å²) in [6, 6.07) is 0. The highest BCUT2D eigenvalue weighted by Gasteiger charge is 2.84. The van der Waals surface area contributed by atoms with Gasteiger partial charge in [-0.25, -0.2) is 17.6 Å². The molecule has 98 valence electrons. The molecule has 0 unspecified atom stereocenters. The molecule has 0 amide bonds. The first-order valence-corrected chi connectivity index (χ1v) is 5.24. The molecule has 0 heterocycles. The van der Waals surface area contributed by atoms with Crippen LogP contribution in [-0.4, -0.2) is 36.1 Å². The lowest BCUT2D eigenvalue weighted by Crippen LogP contribution is -2.06. The fraction of sp³-hybridized carbons (Fsp3) is 0.900. The predicted octanol–water partition coefficient (Wildman–Crippen LogP) is 1.30. The van der Waals surface area contributed by atoms with Crippen LogP contribution in [0.1, 0.15) is 6.92 Å². The molecule has 17 heavy (non-hydrogen) atoms. The molecule has 2 fully saturated rings. The quantitative estimate of drug-likeness (QED) is 0.609. The minimum atomic E-state index is -3.23. The minimum Gasteiger partial charge on any atom is -0.465 e. The second kappa shape index (κ2) is 3.57. The molecule has 2 saturated carbocycles. The van der Waals surface area contributed by atoms with Crippen molar-refractivity contribution in [3.8, 4) is 0 Å². The Bertz CT molecular complexity index is 344. The van der Waals surface area contributed by atoms with Gasteiger partial charge in [0.25, 0.3) is 11.8 Å². The molecule has 0 aromatic heterocycles. The van der Waals surface area contributed by atoms with Crippen LogP contribution < -0.4 is 0 Å². The van der Waals surface area contributed by atoms with Crippen LogP contribution in [0.5, 0.6) is 0 Å². The zero-order valence-corrected chi connectivity index (χ0v) is 9.00. The van der Waals surface area contributed by atoms with Gasteiger partial charge in [-0.05, 0) is 0 Å². The summed E-state index contributed by atoms with van der Waals surface area (Å²) >= 11 is 0. The first kappa shape index (κ1) is 12.6. The molecule has 4 atom stereocenters. The Morgan fingerprint density at radius 1 is 1.18 bits per heavy atom. The van der Waals surface area contributed by atoms with Crippen LogP contribution in [0.2, 0.25) is 0 Å². The molecule has 0 bridgehead atoms. The van der Waals surface area contributed by atoms with Gasteiger partial charge < -0.3 is 9.84 Å².